The molecule has 0 aliphatic carbocycles. The van der Waals surface area contributed by atoms with Gasteiger partial charge < -0.3 is 14.2 Å². The highest BCUT2D eigenvalue weighted by molar-refractivity contribution is 5.95. The Morgan fingerprint density at radius 2 is 1.95 bits per heavy atom. The van der Waals surface area contributed by atoms with Crippen molar-refractivity contribution in [1.29, 1.82) is 0 Å². The number of amides is 1. The van der Waals surface area contributed by atoms with E-state index in [0.29, 0.717) is 18.5 Å². The Morgan fingerprint density at radius 3 is 2.70 bits per heavy atom. The predicted octanol–water partition coefficient (Wildman–Crippen LogP) is -0.236. The summed E-state index contributed by atoms with van der Waals surface area (Å²) in [6.07, 6.45) is 0. The van der Waals surface area contributed by atoms with E-state index in [-0.39, 0.29) is 11.7 Å². The van der Waals surface area contributed by atoms with Crippen LogP contribution in [0.25, 0.3) is 10.8 Å². The van der Waals surface area contributed by atoms with Gasteiger partial charge in [0.1, 0.15) is 0 Å². The maximum absolute atomic E-state index is 12.4. The van der Waals surface area contributed by atoms with Crippen molar-refractivity contribution in [2.45, 2.75) is 0 Å². The van der Waals surface area contributed by atoms with Gasteiger partial charge in [-0.05, 0) is 17.5 Å². The Bertz CT molecular complexity index is 700. The number of carbonyl (C=O) groups is 1. The van der Waals surface area contributed by atoms with Crippen LogP contribution in [0.1, 0.15) is 10.6 Å². The minimum Gasteiger partial charge on any atom is -0.417 e. The second-order valence-electron chi connectivity index (χ2n) is 5.23. The van der Waals surface area contributed by atoms with Crippen LogP contribution in [0.5, 0.6) is 0 Å². The topological polar surface area (TPSA) is 55.0 Å². The molecule has 2 heterocycles. The van der Waals surface area contributed by atoms with Gasteiger partial charge in [-0.25, -0.2) is 4.79 Å². The summed E-state index contributed by atoms with van der Waals surface area (Å²) in [7, 11) is 2.11. The zero-order valence-corrected chi connectivity index (χ0v) is 11.4. The minimum atomic E-state index is -0.453. The van der Waals surface area contributed by atoms with E-state index in [1.165, 1.54) is 4.90 Å². The number of carbonyl (C=O) groups excluding carboxylic acids is 1. The number of fused-ring (bicyclic) bond motifs is 1. The number of rotatable bonds is 1. The second-order valence-corrected chi connectivity index (χ2v) is 5.23. The molecule has 1 aliphatic rings. The van der Waals surface area contributed by atoms with Crippen LogP contribution in [0.3, 0.4) is 0 Å². The molecule has 0 saturated carbocycles. The molecule has 1 N–H and O–H groups in total. The molecular weight excluding hydrogens is 256 g/mol. The average Bonchev–Trinajstić information content (AvgIpc) is 2.47. The average molecular weight is 273 g/mol. The number of likely N-dealkylation sites (N-methyl/N-ethyl adjacent to an activating group) is 1. The first-order valence-corrected chi connectivity index (χ1v) is 6.78. The SMILES string of the molecule is C[NH+]1CCN(C(=O)c2cc3ccccc3c(=O)o2)CC1. The molecule has 104 valence electrons. The van der Waals surface area contributed by atoms with Crippen LogP contribution in [0.2, 0.25) is 0 Å². The molecule has 0 bridgehead atoms. The van der Waals surface area contributed by atoms with E-state index < -0.39 is 5.63 Å². The zero-order chi connectivity index (χ0) is 14.1. The van der Waals surface area contributed by atoms with Crippen LogP contribution in [0.15, 0.2) is 39.5 Å². The molecule has 20 heavy (non-hydrogen) atoms. The molecule has 1 fully saturated rings. The Kier molecular flexibility index (Phi) is 3.28. The van der Waals surface area contributed by atoms with Crippen LogP contribution in [0.4, 0.5) is 0 Å². The molecule has 5 heteroatoms. The predicted molar refractivity (Wildman–Crippen MR) is 75.0 cm³/mol. The maximum atomic E-state index is 12.4. The van der Waals surface area contributed by atoms with Crippen LogP contribution < -0.4 is 10.5 Å². The highest BCUT2D eigenvalue weighted by Crippen LogP contribution is 2.13. The maximum Gasteiger partial charge on any atom is 0.344 e. The minimum absolute atomic E-state index is 0.133. The molecule has 2 aromatic rings. The molecule has 0 unspecified atom stereocenters. The molecule has 0 atom stereocenters. The number of nitrogens with one attached hydrogen (secondary N) is 1. The third kappa shape index (κ3) is 2.32. The number of piperazine rings is 1. The quantitative estimate of drug-likeness (QED) is 0.780. The number of nitrogens with zero attached hydrogens (tertiary/aromatic N) is 1. The number of hydrogen-bond acceptors (Lipinski definition) is 3. The largest absolute Gasteiger partial charge is 0.417 e. The van der Waals surface area contributed by atoms with Crippen molar-refractivity contribution in [3.05, 3.63) is 46.5 Å². The van der Waals surface area contributed by atoms with Gasteiger partial charge in [-0.2, -0.15) is 0 Å². The summed E-state index contributed by atoms with van der Waals surface area (Å²) < 4.78 is 5.18. The molecule has 5 nitrogen and oxygen atoms in total. The van der Waals surface area contributed by atoms with Gasteiger partial charge in [0.15, 0.2) is 5.76 Å². The Hall–Kier alpha value is -2.14. The highest BCUT2D eigenvalue weighted by atomic mass is 16.4. The molecule has 3 rings (SSSR count). The van der Waals surface area contributed by atoms with Crippen molar-refractivity contribution >= 4 is 16.7 Å². The van der Waals surface area contributed by atoms with E-state index in [2.05, 4.69) is 7.05 Å². The summed E-state index contributed by atoms with van der Waals surface area (Å²) >= 11 is 0. The van der Waals surface area contributed by atoms with Gasteiger partial charge in [-0.1, -0.05) is 18.2 Å². The van der Waals surface area contributed by atoms with Gasteiger partial charge in [-0.15, -0.1) is 0 Å². The molecule has 1 amide bonds. The van der Waals surface area contributed by atoms with E-state index in [9.17, 15) is 9.59 Å². The third-order valence-corrected chi connectivity index (χ3v) is 3.78. The van der Waals surface area contributed by atoms with E-state index >= 15 is 0 Å². The number of quaternary nitrogens is 1. The van der Waals surface area contributed by atoms with E-state index in [1.54, 1.807) is 23.1 Å². The van der Waals surface area contributed by atoms with Gasteiger partial charge in [0.05, 0.1) is 38.6 Å². The Labute approximate surface area is 116 Å². The lowest BCUT2D eigenvalue weighted by atomic mass is 10.1. The van der Waals surface area contributed by atoms with Crippen LogP contribution >= 0.6 is 0 Å². The van der Waals surface area contributed by atoms with Crippen LogP contribution in [-0.4, -0.2) is 44.0 Å². The van der Waals surface area contributed by atoms with E-state index in [4.69, 9.17) is 4.42 Å². The zero-order valence-electron chi connectivity index (χ0n) is 11.4. The molecular formula is C15H17N2O3+. The fraction of sp³-hybridized carbons (Fsp3) is 0.333. The molecule has 0 spiro atoms. The van der Waals surface area contributed by atoms with Crippen molar-refractivity contribution in [3.8, 4) is 0 Å². The number of benzene rings is 1. The molecule has 1 aromatic heterocycles. The van der Waals surface area contributed by atoms with Crippen molar-refractivity contribution in [2.24, 2.45) is 0 Å². The van der Waals surface area contributed by atoms with Gasteiger partial charge in [0.25, 0.3) is 5.91 Å². The first kappa shape index (κ1) is 12.9. The fourth-order valence-electron chi connectivity index (χ4n) is 2.49. The molecule has 0 radical (unpaired) electrons. The lowest BCUT2D eigenvalue weighted by Gasteiger charge is -2.29. The summed E-state index contributed by atoms with van der Waals surface area (Å²) in [5.41, 5.74) is -0.453. The molecule has 1 aliphatic heterocycles. The van der Waals surface area contributed by atoms with Crippen molar-refractivity contribution in [2.75, 3.05) is 33.2 Å². The summed E-state index contributed by atoms with van der Waals surface area (Å²) in [4.78, 5) is 27.4. The van der Waals surface area contributed by atoms with Gasteiger partial charge in [-0.3, -0.25) is 4.79 Å². The first-order chi connectivity index (χ1) is 9.65. The lowest BCUT2D eigenvalue weighted by Crippen LogP contribution is -3.12. The van der Waals surface area contributed by atoms with E-state index in [0.717, 1.165) is 18.5 Å². The van der Waals surface area contributed by atoms with Gasteiger partial charge >= 0.3 is 5.63 Å². The van der Waals surface area contributed by atoms with Crippen molar-refractivity contribution < 1.29 is 14.1 Å². The van der Waals surface area contributed by atoms with Crippen molar-refractivity contribution in [3.63, 3.8) is 0 Å². The number of hydrogen-bond donors (Lipinski definition) is 1. The fourth-order valence-corrected chi connectivity index (χ4v) is 2.49. The van der Waals surface area contributed by atoms with Crippen LogP contribution in [0, 0.1) is 0 Å². The monoisotopic (exact) mass is 273 g/mol. The van der Waals surface area contributed by atoms with Gasteiger partial charge in [0.2, 0.25) is 0 Å². The van der Waals surface area contributed by atoms with Crippen LogP contribution in [-0.2, 0) is 0 Å². The lowest BCUT2D eigenvalue weighted by molar-refractivity contribution is -0.883. The summed E-state index contributed by atoms with van der Waals surface area (Å²) in [5, 5.41) is 1.25. The highest BCUT2D eigenvalue weighted by Gasteiger charge is 2.24. The second kappa shape index (κ2) is 5.09. The third-order valence-electron chi connectivity index (χ3n) is 3.78. The Balaban J connectivity index is 1.94. The first-order valence-electron chi connectivity index (χ1n) is 6.78. The Morgan fingerprint density at radius 1 is 1.25 bits per heavy atom. The summed E-state index contributed by atoms with van der Waals surface area (Å²) in [6, 6.07) is 8.80. The molecule has 1 saturated heterocycles. The normalized spacial score (nSPS) is 16.6. The standard InChI is InChI=1S/C15H16N2O3/c1-16-6-8-17(9-7-16)14(18)13-10-11-4-2-3-5-12(11)15(19)20-13/h2-5,10H,6-9H2,1H3/p+1. The van der Waals surface area contributed by atoms with Crippen molar-refractivity contribution in [1.82, 2.24) is 4.90 Å². The van der Waals surface area contributed by atoms with Gasteiger partial charge in [0, 0.05) is 0 Å². The molecule has 1 aromatic carbocycles. The summed E-state index contributed by atoms with van der Waals surface area (Å²) in [5.74, 6) is -0.0615. The van der Waals surface area contributed by atoms with E-state index in [1.807, 2.05) is 12.1 Å². The summed E-state index contributed by atoms with van der Waals surface area (Å²) in [6.45, 7) is 3.23. The smallest absolute Gasteiger partial charge is 0.344 e.